The van der Waals surface area contributed by atoms with E-state index in [0.29, 0.717) is 12.2 Å². The van der Waals surface area contributed by atoms with Crippen LogP contribution in [0.5, 0.6) is 5.75 Å². The third-order valence-electron chi connectivity index (χ3n) is 4.37. The van der Waals surface area contributed by atoms with Gasteiger partial charge in [-0.2, -0.15) is 0 Å². The van der Waals surface area contributed by atoms with E-state index in [4.69, 9.17) is 4.74 Å². The second-order valence-corrected chi connectivity index (χ2v) is 6.10. The molecule has 2 aromatic carbocycles. The van der Waals surface area contributed by atoms with Crippen molar-refractivity contribution in [1.82, 2.24) is 5.32 Å². The molecule has 1 aliphatic rings. The Morgan fingerprint density at radius 1 is 1.12 bits per heavy atom. The van der Waals surface area contributed by atoms with Gasteiger partial charge < -0.3 is 15.4 Å². The van der Waals surface area contributed by atoms with E-state index >= 15 is 0 Å². The maximum absolute atomic E-state index is 12.6. The Morgan fingerprint density at radius 3 is 2.60 bits per heavy atom. The molecule has 2 aromatic rings. The number of amides is 1. The predicted molar refractivity (Wildman–Crippen MR) is 104 cm³/mol. The zero-order valence-electron chi connectivity index (χ0n) is 14.7. The third kappa shape index (κ3) is 4.74. The normalized spacial score (nSPS) is 13.2. The van der Waals surface area contributed by atoms with Gasteiger partial charge in [0.15, 0.2) is 0 Å². The molecule has 4 nitrogen and oxygen atoms in total. The van der Waals surface area contributed by atoms with Crippen LogP contribution in [0.15, 0.2) is 36.4 Å². The lowest BCUT2D eigenvalue weighted by molar-refractivity contribution is 0.102. The number of rotatable bonds is 4. The van der Waals surface area contributed by atoms with Crippen LogP contribution in [0.2, 0.25) is 0 Å². The first-order chi connectivity index (χ1) is 11.7. The highest BCUT2D eigenvalue weighted by Crippen LogP contribution is 2.23. The molecule has 1 amide bonds. The summed E-state index contributed by atoms with van der Waals surface area (Å²) in [5.41, 5.74) is 5.14. The van der Waals surface area contributed by atoms with Crippen LogP contribution in [0.3, 0.4) is 0 Å². The SMILES string of the molecule is CCOc1ccc(NC(=O)c2ccc3c(c2)CCNCC3)c(C)c1.Cl. The summed E-state index contributed by atoms with van der Waals surface area (Å²) in [5, 5.41) is 6.40. The molecule has 0 spiro atoms. The van der Waals surface area contributed by atoms with Crippen molar-refractivity contribution >= 4 is 24.0 Å². The highest BCUT2D eigenvalue weighted by atomic mass is 35.5. The lowest BCUT2D eigenvalue weighted by atomic mass is 9.99. The minimum absolute atomic E-state index is 0. The first-order valence-electron chi connectivity index (χ1n) is 8.54. The number of nitrogens with one attached hydrogen (secondary N) is 2. The fraction of sp³-hybridized carbons (Fsp3) is 0.350. The number of hydrogen-bond donors (Lipinski definition) is 2. The molecular weight excluding hydrogens is 336 g/mol. The van der Waals surface area contributed by atoms with E-state index in [0.717, 1.165) is 42.9 Å². The van der Waals surface area contributed by atoms with Crippen LogP contribution in [0.1, 0.15) is 34.0 Å². The zero-order chi connectivity index (χ0) is 16.9. The van der Waals surface area contributed by atoms with E-state index in [1.54, 1.807) is 0 Å². The zero-order valence-corrected chi connectivity index (χ0v) is 15.5. The van der Waals surface area contributed by atoms with Crippen LogP contribution < -0.4 is 15.4 Å². The molecule has 0 bridgehead atoms. The van der Waals surface area contributed by atoms with Gasteiger partial charge in [0.25, 0.3) is 5.91 Å². The van der Waals surface area contributed by atoms with Gasteiger partial charge in [0.2, 0.25) is 0 Å². The van der Waals surface area contributed by atoms with Gasteiger partial charge in [-0.3, -0.25) is 4.79 Å². The topological polar surface area (TPSA) is 50.4 Å². The number of hydrogen-bond acceptors (Lipinski definition) is 3. The number of ether oxygens (including phenoxy) is 1. The molecule has 134 valence electrons. The minimum atomic E-state index is -0.0673. The number of fused-ring (bicyclic) bond motifs is 1. The predicted octanol–water partition coefficient (Wildman–Crippen LogP) is 3.76. The largest absolute Gasteiger partial charge is 0.494 e. The molecule has 0 aromatic heterocycles. The second kappa shape index (κ2) is 8.88. The smallest absolute Gasteiger partial charge is 0.255 e. The van der Waals surface area contributed by atoms with E-state index < -0.39 is 0 Å². The molecule has 0 saturated carbocycles. The Bertz CT molecular complexity index is 746. The van der Waals surface area contributed by atoms with Crippen LogP contribution >= 0.6 is 12.4 Å². The van der Waals surface area contributed by atoms with Crippen molar-refractivity contribution in [3.63, 3.8) is 0 Å². The minimum Gasteiger partial charge on any atom is -0.494 e. The highest BCUT2D eigenvalue weighted by Gasteiger charge is 2.13. The molecule has 0 radical (unpaired) electrons. The van der Waals surface area contributed by atoms with Gasteiger partial charge in [-0.25, -0.2) is 0 Å². The summed E-state index contributed by atoms with van der Waals surface area (Å²) >= 11 is 0. The van der Waals surface area contributed by atoms with Crippen molar-refractivity contribution in [3.05, 3.63) is 58.7 Å². The van der Waals surface area contributed by atoms with Crippen LogP contribution in [-0.4, -0.2) is 25.6 Å². The monoisotopic (exact) mass is 360 g/mol. The van der Waals surface area contributed by atoms with Gasteiger partial charge in [-0.1, -0.05) is 6.07 Å². The van der Waals surface area contributed by atoms with Gasteiger partial charge in [-0.05, 0) is 86.8 Å². The molecule has 0 atom stereocenters. The molecule has 0 aliphatic carbocycles. The van der Waals surface area contributed by atoms with Crippen molar-refractivity contribution in [3.8, 4) is 5.75 Å². The summed E-state index contributed by atoms with van der Waals surface area (Å²) in [6.45, 7) is 6.54. The molecule has 2 N–H and O–H groups in total. The van der Waals surface area contributed by atoms with Crippen molar-refractivity contribution in [1.29, 1.82) is 0 Å². The number of carbonyl (C=O) groups is 1. The van der Waals surface area contributed by atoms with Crippen molar-refractivity contribution in [2.24, 2.45) is 0 Å². The maximum Gasteiger partial charge on any atom is 0.255 e. The van der Waals surface area contributed by atoms with Crippen molar-refractivity contribution in [2.45, 2.75) is 26.7 Å². The summed E-state index contributed by atoms with van der Waals surface area (Å²) in [6, 6.07) is 11.8. The second-order valence-electron chi connectivity index (χ2n) is 6.10. The van der Waals surface area contributed by atoms with Crippen LogP contribution in [0.4, 0.5) is 5.69 Å². The van der Waals surface area contributed by atoms with Crippen molar-refractivity contribution in [2.75, 3.05) is 25.0 Å². The molecule has 0 unspecified atom stereocenters. The Morgan fingerprint density at radius 2 is 1.88 bits per heavy atom. The lowest BCUT2D eigenvalue weighted by Crippen LogP contribution is -2.16. The first-order valence-corrected chi connectivity index (χ1v) is 8.54. The quantitative estimate of drug-likeness (QED) is 0.872. The Balaban J connectivity index is 0.00000225. The molecule has 0 fully saturated rings. The Kier molecular flexibility index (Phi) is 6.85. The summed E-state index contributed by atoms with van der Waals surface area (Å²) in [4.78, 5) is 12.6. The van der Waals surface area contributed by atoms with Gasteiger partial charge in [-0.15, -0.1) is 12.4 Å². The number of benzene rings is 2. The molecule has 1 heterocycles. The summed E-state index contributed by atoms with van der Waals surface area (Å²) < 4.78 is 5.49. The van der Waals surface area contributed by atoms with E-state index in [9.17, 15) is 4.79 Å². The van der Waals surface area contributed by atoms with Crippen LogP contribution in [0, 0.1) is 6.92 Å². The molecule has 0 saturated heterocycles. The van der Waals surface area contributed by atoms with Crippen LogP contribution in [-0.2, 0) is 12.8 Å². The number of anilines is 1. The fourth-order valence-corrected chi connectivity index (χ4v) is 3.04. The molecule has 3 rings (SSSR count). The number of aryl methyl sites for hydroxylation is 1. The average Bonchev–Trinajstić information content (AvgIpc) is 2.82. The van der Waals surface area contributed by atoms with Gasteiger partial charge >= 0.3 is 0 Å². The average molecular weight is 361 g/mol. The molecule has 1 aliphatic heterocycles. The van der Waals surface area contributed by atoms with Crippen LogP contribution in [0.25, 0.3) is 0 Å². The maximum atomic E-state index is 12.6. The Labute approximate surface area is 155 Å². The summed E-state index contributed by atoms with van der Waals surface area (Å²) in [6.07, 6.45) is 1.99. The van der Waals surface area contributed by atoms with Gasteiger partial charge in [0.1, 0.15) is 5.75 Å². The van der Waals surface area contributed by atoms with E-state index in [1.807, 2.05) is 44.2 Å². The summed E-state index contributed by atoms with van der Waals surface area (Å²) in [7, 11) is 0. The van der Waals surface area contributed by atoms with Gasteiger partial charge in [0, 0.05) is 11.3 Å². The highest BCUT2D eigenvalue weighted by molar-refractivity contribution is 6.04. The first kappa shape index (κ1) is 19.3. The molecule has 25 heavy (non-hydrogen) atoms. The third-order valence-corrected chi connectivity index (χ3v) is 4.37. The Hall–Kier alpha value is -2.04. The molecular formula is C20H25ClN2O2. The van der Waals surface area contributed by atoms with E-state index in [1.165, 1.54) is 11.1 Å². The van der Waals surface area contributed by atoms with E-state index in [2.05, 4.69) is 16.7 Å². The lowest BCUT2D eigenvalue weighted by Gasteiger charge is -2.12. The molecule has 5 heteroatoms. The van der Waals surface area contributed by atoms with Gasteiger partial charge in [0.05, 0.1) is 6.61 Å². The fourth-order valence-electron chi connectivity index (χ4n) is 3.04. The van der Waals surface area contributed by atoms with Crippen molar-refractivity contribution < 1.29 is 9.53 Å². The number of halogens is 1. The number of carbonyl (C=O) groups excluding carboxylic acids is 1. The standard InChI is InChI=1S/C20H24N2O2.ClH/c1-3-24-18-6-7-19(14(2)12-18)22-20(23)17-5-4-15-8-10-21-11-9-16(15)13-17;/h4-7,12-13,21H,3,8-11H2,1-2H3,(H,22,23);1H. The van der Waals surface area contributed by atoms with E-state index in [-0.39, 0.29) is 18.3 Å². The summed E-state index contributed by atoms with van der Waals surface area (Å²) in [5.74, 6) is 0.757.